The zero-order valence-electron chi connectivity index (χ0n) is 11.1. The standard InChI is InChI=1S/C16H22O/c1-15(2)12-9-10-16(15,3)14(11-12)17-13-7-5-4-6-8-13/h4-8,12,14H,9-11H2,1-3H3/t12-,14+,16+/m0/s1. The second-order valence-corrected chi connectivity index (χ2v) is 6.53. The van der Waals surface area contributed by atoms with E-state index in [9.17, 15) is 0 Å². The van der Waals surface area contributed by atoms with Crippen LogP contribution in [0, 0.1) is 16.7 Å². The lowest BCUT2D eigenvalue weighted by Gasteiger charge is -2.38. The van der Waals surface area contributed by atoms with E-state index in [2.05, 4.69) is 45.0 Å². The van der Waals surface area contributed by atoms with Crippen molar-refractivity contribution >= 4 is 0 Å². The van der Waals surface area contributed by atoms with Gasteiger partial charge in [-0.1, -0.05) is 39.0 Å². The van der Waals surface area contributed by atoms with E-state index in [1.807, 2.05) is 6.07 Å². The highest BCUT2D eigenvalue weighted by molar-refractivity contribution is 5.23. The van der Waals surface area contributed by atoms with E-state index < -0.39 is 0 Å². The van der Waals surface area contributed by atoms with Crippen molar-refractivity contribution in [3.63, 3.8) is 0 Å². The van der Waals surface area contributed by atoms with Crippen molar-refractivity contribution in [2.24, 2.45) is 16.7 Å². The van der Waals surface area contributed by atoms with E-state index in [4.69, 9.17) is 4.74 Å². The summed E-state index contributed by atoms with van der Waals surface area (Å²) in [6.45, 7) is 7.28. The van der Waals surface area contributed by atoms with Crippen LogP contribution in [0.4, 0.5) is 0 Å². The first-order valence-corrected chi connectivity index (χ1v) is 6.76. The van der Waals surface area contributed by atoms with Crippen LogP contribution in [0.2, 0.25) is 0 Å². The van der Waals surface area contributed by atoms with Crippen LogP contribution in [0.5, 0.6) is 5.75 Å². The van der Waals surface area contributed by atoms with Gasteiger partial charge in [0.05, 0.1) is 0 Å². The molecule has 0 saturated heterocycles. The second kappa shape index (κ2) is 3.51. The first-order valence-electron chi connectivity index (χ1n) is 6.76. The Labute approximate surface area is 104 Å². The molecule has 1 nitrogen and oxygen atoms in total. The van der Waals surface area contributed by atoms with Gasteiger partial charge in [0, 0.05) is 5.41 Å². The van der Waals surface area contributed by atoms with Crippen LogP contribution in [0.1, 0.15) is 40.0 Å². The fraction of sp³-hybridized carbons (Fsp3) is 0.625. The number of para-hydroxylation sites is 1. The Bertz CT molecular complexity index is 409. The Kier molecular flexibility index (Phi) is 2.30. The van der Waals surface area contributed by atoms with Gasteiger partial charge in [-0.05, 0) is 42.7 Å². The first-order chi connectivity index (χ1) is 8.04. The minimum absolute atomic E-state index is 0.355. The summed E-state index contributed by atoms with van der Waals surface area (Å²) in [6, 6.07) is 10.3. The molecule has 2 aliphatic carbocycles. The zero-order chi connectivity index (χ0) is 12.1. The van der Waals surface area contributed by atoms with E-state index in [0.29, 0.717) is 16.9 Å². The van der Waals surface area contributed by atoms with E-state index in [1.54, 1.807) is 0 Å². The maximum Gasteiger partial charge on any atom is 0.119 e. The Morgan fingerprint density at radius 1 is 1.12 bits per heavy atom. The zero-order valence-corrected chi connectivity index (χ0v) is 11.1. The van der Waals surface area contributed by atoms with Crippen molar-refractivity contribution in [1.82, 2.24) is 0 Å². The Hall–Kier alpha value is -0.980. The molecule has 0 heterocycles. The van der Waals surface area contributed by atoms with Crippen molar-refractivity contribution < 1.29 is 4.74 Å². The largest absolute Gasteiger partial charge is 0.490 e. The molecule has 2 aliphatic rings. The monoisotopic (exact) mass is 230 g/mol. The third kappa shape index (κ3) is 1.44. The molecule has 3 rings (SSSR count). The second-order valence-electron chi connectivity index (χ2n) is 6.53. The molecule has 0 unspecified atom stereocenters. The SMILES string of the molecule is CC1(C)[C@H]2CC[C@]1(C)[C@H](Oc1ccccc1)C2. The Balaban J connectivity index is 1.83. The summed E-state index contributed by atoms with van der Waals surface area (Å²) >= 11 is 0. The highest BCUT2D eigenvalue weighted by Crippen LogP contribution is 2.66. The van der Waals surface area contributed by atoms with Gasteiger partial charge in [0.15, 0.2) is 0 Å². The third-order valence-corrected chi connectivity index (χ3v) is 5.74. The first kappa shape index (κ1) is 11.1. The molecule has 0 N–H and O–H groups in total. The molecule has 0 radical (unpaired) electrons. The van der Waals surface area contributed by atoms with Gasteiger partial charge < -0.3 is 4.74 Å². The quantitative estimate of drug-likeness (QED) is 0.737. The highest BCUT2D eigenvalue weighted by atomic mass is 16.5. The molecule has 0 aliphatic heterocycles. The highest BCUT2D eigenvalue weighted by Gasteiger charge is 2.62. The van der Waals surface area contributed by atoms with Crippen molar-refractivity contribution in [1.29, 1.82) is 0 Å². The number of fused-ring (bicyclic) bond motifs is 2. The molecule has 0 aromatic heterocycles. The van der Waals surface area contributed by atoms with Gasteiger partial charge in [0.25, 0.3) is 0 Å². The molecule has 0 spiro atoms. The van der Waals surface area contributed by atoms with Crippen molar-refractivity contribution in [3.8, 4) is 5.75 Å². The lowest BCUT2D eigenvalue weighted by molar-refractivity contribution is 0.0302. The molecule has 3 atom stereocenters. The Morgan fingerprint density at radius 3 is 2.35 bits per heavy atom. The predicted molar refractivity (Wildman–Crippen MR) is 70.1 cm³/mol. The van der Waals surface area contributed by atoms with Gasteiger partial charge in [-0.15, -0.1) is 0 Å². The van der Waals surface area contributed by atoms with Crippen LogP contribution in [0.25, 0.3) is 0 Å². The van der Waals surface area contributed by atoms with Gasteiger partial charge in [-0.3, -0.25) is 0 Å². The number of benzene rings is 1. The molecule has 0 amide bonds. The van der Waals surface area contributed by atoms with E-state index >= 15 is 0 Å². The van der Waals surface area contributed by atoms with Gasteiger partial charge in [0.2, 0.25) is 0 Å². The van der Waals surface area contributed by atoms with E-state index in [-0.39, 0.29) is 0 Å². The van der Waals surface area contributed by atoms with Crippen LogP contribution in [-0.4, -0.2) is 6.10 Å². The summed E-state index contributed by atoms with van der Waals surface area (Å²) in [5.74, 6) is 1.88. The number of ether oxygens (including phenoxy) is 1. The summed E-state index contributed by atoms with van der Waals surface area (Å²) in [5, 5.41) is 0. The summed E-state index contributed by atoms with van der Waals surface area (Å²) in [4.78, 5) is 0. The van der Waals surface area contributed by atoms with Crippen molar-refractivity contribution in [2.75, 3.05) is 0 Å². The predicted octanol–water partition coefficient (Wildman–Crippen LogP) is 4.28. The molecule has 1 aromatic rings. The summed E-state index contributed by atoms with van der Waals surface area (Å²) < 4.78 is 6.25. The molecular formula is C16H22O. The molecule has 17 heavy (non-hydrogen) atoms. The Morgan fingerprint density at radius 2 is 1.82 bits per heavy atom. The molecule has 1 aromatic carbocycles. The average molecular weight is 230 g/mol. The number of rotatable bonds is 2. The molecular weight excluding hydrogens is 208 g/mol. The maximum atomic E-state index is 6.25. The smallest absolute Gasteiger partial charge is 0.119 e. The van der Waals surface area contributed by atoms with Crippen LogP contribution in [-0.2, 0) is 0 Å². The molecule has 92 valence electrons. The summed E-state index contributed by atoms with van der Waals surface area (Å²) in [7, 11) is 0. The average Bonchev–Trinajstić information content (AvgIpc) is 2.63. The normalized spacial score (nSPS) is 38.3. The van der Waals surface area contributed by atoms with Gasteiger partial charge in [0.1, 0.15) is 11.9 Å². The fourth-order valence-corrected chi connectivity index (χ4v) is 3.97. The fourth-order valence-electron chi connectivity index (χ4n) is 3.97. The van der Waals surface area contributed by atoms with Gasteiger partial charge in [-0.2, -0.15) is 0 Å². The minimum Gasteiger partial charge on any atom is -0.490 e. The van der Waals surface area contributed by atoms with Crippen molar-refractivity contribution in [3.05, 3.63) is 30.3 Å². The number of hydrogen-bond acceptors (Lipinski definition) is 1. The van der Waals surface area contributed by atoms with Gasteiger partial charge >= 0.3 is 0 Å². The van der Waals surface area contributed by atoms with Gasteiger partial charge in [-0.25, -0.2) is 0 Å². The maximum absolute atomic E-state index is 6.25. The lowest BCUT2D eigenvalue weighted by atomic mass is 9.70. The molecule has 2 saturated carbocycles. The number of hydrogen-bond donors (Lipinski definition) is 0. The minimum atomic E-state index is 0.355. The van der Waals surface area contributed by atoms with Crippen LogP contribution >= 0.6 is 0 Å². The summed E-state index contributed by atoms with van der Waals surface area (Å²) in [6.07, 6.45) is 4.34. The third-order valence-electron chi connectivity index (χ3n) is 5.74. The lowest BCUT2D eigenvalue weighted by Crippen LogP contribution is -2.38. The van der Waals surface area contributed by atoms with Crippen LogP contribution in [0.3, 0.4) is 0 Å². The van der Waals surface area contributed by atoms with Crippen molar-refractivity contribution in [2.45, 2.75) is 46.1 Å². The van der Waals surface area contributed by atoms with Crippen LogP contribution in [0.15, 0.2) is 30.3 Å². The molecule has 2 bridgehead atoms. The van der Waals surface area contributed by atoms with E-state index in [0.717, 1.165) is 11.7 Å². The molecule has 2 fully saturated rings. The topological polar surface area (TPSA) is 9.23 Å². The summed E-state index contributed by atoms with van der Waals surface area (Å²) in [5.41, 5.74) is 0.792. The van der Waals surface area contributed by atoms with Crippen LogP contribution < -0.4 is 4.74 Å². The molecule has 1 heteroatoms. The van der Waals surface area contributed by atoms with E-state index in [1.165, 1.54) is 19.3 Å².